The number of anilines is 1. The van der Waals surface area contributed by atoms with Crippen LogP contribution >= 0.6 is 0 Å². The SMILES string of the molecule is Cc1cc(N2CCCCCC2)c(C(C)O)cc1F. The predicted octanol–water partition coefficient (Wildman–Crippen LogP) is 3.57. The highest BCUT2D eigenvalue weighted by Crippen LogP contribution is 2.30. The molecule has 1 aliphatic heterocycles. The maximum absolute atomic E-state index is 13.6. The quantitative estimate of drug-likeness (QED) is 0.868. The Hall–Kier alpha value is -1.09. The molecule has 1 saturated heterocycles. The van der Waals surface area contributed by atoms with Crippen molar-refractivity contribution < 1.29 is 9.50 Å². The number of aliphatic hydroxyl groups excluding tert-OH is 1. The summed E-state index contributed by atoms with van der Waals surface area (Å²) in [6.45, 7) is 5.49. The van der Waals surface area contributed by atoms with Gasteiger partial charge < -0.3 is 10.0 Å². The minimum atomic E-state index is -0.627. The highest BCUT2D eigenvalue weighted by atomic mass is 19.1. The molecule has 1 fully saturated rings. The lowest BCUT2D eigenvalue weighted by Gasteiger charge is -2.27. The average Bonchev–Trinajstić information content (AvgIpc) is 2.60. The number of hydrogen-bond acceptors (Lipinski definition) is 2. The van der Waals surface area contributed by atoms with Crippen molar-refractivity contribution in [2.75, 3.05) is 18.0 Å². The van der Waals surface area contributed by atoms with Gasteiger partial charge in [0.15, 0.2) is 0 Å². The van der Waals surface area contributed by atoms with Crippen molar-refractivity contribution in [2.24, 2.45) is 0 Å². The van der Waals surface area contributed by atoms with E-state index in [0.29, 0.717) is 11.1 Å². The van der Waals surface area contributed by atoms with Crippen LogP contribution in [-0.2, 0) is 0 Å². The van der Waals surface area contributed by atoms with Crippen LogP contribution in [0.3, 0.4) is 0 Å². The lowest BCUT2D eigenvalue weighted by Crippen LogP contribution is -2.25. The third kappa shape index (κ3) is 2.83. The van der Waals surface area contributed by atoms with Crippen LogP contribution in [0.15, 0.2) is 12.1 Å². The van der Waals surface area contributed by atoms with E-state index in [0.717, 1.165) is 18.8 Å². The number of aryl methyl sites for hydroxylation is 1. The van der Waals surface area contributed by atoms with E-state index >= 15 is 0 Å². The van der Waals surface area contributed by atoms with E-state index < -0.39 is 6.10 Å². The molecule has 0 aromatic heterocycles. The van der Waals surface area contributed by atoms with Crippen LogP contribution in [0.25, 0.3) is 0 Å². The summed E-state index contributed by atoms with van der Waals surface area (Å²) in [6.07, 6.45) is 4.26. The molecule has 0 spiro atoms. The fourth-order valence-electron chi connectivity index (χ4n) is 2.60. The molecule has 2 nitrogen and oxygen atoms in total. The molecule has 0 aliphatic carbocycles. The molecule has 18 heavy (non-hydrogen) atoms. The van der Waals surface area contributed by atoms with Crippen LogP contribution in [-0.4, -0.2) is 18.2 Å². The van der Waals surface area contributed by atoms with Gasteiger partial charge in [-0.3, -0.25) is 0 Å². The number of rotatable bonds is 2. The van der Waals surface area contributed by atoms with E-state index in [1.54, 1.807) is 13.8 Å². The van der Waals surface area contributed by atoms with E-state index in [-0.39, 0.29) is 5.82 Å². The van der Waals surface area contributed by atoms with Crippen LogP contribution in [0, 0.1) is 12.7 Å². The highest BCUT2D eigenvalue weighted by Gasteiger charge is 2.18. The van der Waals surface area contributed by atoms with Crippen LogP contribution in [0.4, 0.5) is 10.1 Å². The lowest BCUT2D eigenvalue weighted by molar-refractivity contribution is 0.199. The minimum absolute atomic E-state index is 0.232. The van der Waals surface area contributed by atoms with Crippen LogP contribution in [0.5, 0.6) is 0 Å². The smallest absolute Gasteiger partial charge is 0.126 e. The Morgan fingerprint density at radius 2 is 1.78 bits per heavy atom. The number of halogens is 1. The number of hydrogen-bond donors (Lipinski definition) is 1. The zero-order chi connectivity index (χ0) is 13.1. The maximum atomic E-state index is 13.6. The average molecular weight is 251 g/mol. The largest absolute Gasteiger partial charge is 0.389 e. The molecule has 0 radical (unpaired) electrons. The summed E-state index contributed by atoms with van der Waals surface area (Å²) >= 11 is 0. The molecule has 1 atom stereocenters. The van der Waals surface area contributed by atoms with Gasteiger partial charge in [0.2, 0.25) is 0 Å². The van der Waals surface area contributed by atoms with Gasteiger partial charge in [-0.05, 0) is 44.4 Å². The van der Waals surface area contributed by atoms with Gasteiger partial charge in [-0.25, -0.2) is 4.39 Å². The van der Waals surface area contributed by atoms with Gasteiger partial charge in [-0.15, -0.1) is 0 Å². The Morgan fingerprint density at radius 3 is 2.33 bits per heavy atom. The second kappa shape index (κ2) is 5.70. The molecule has 3 heteroatoms. The van der Waals surface area contributed by atoms with Crippen molar-refractivity contribution in [3.8, 4) is 0 Å². The normalized spacial score (nSPS) is 18.6. The highest BCUT2D eigenvalue weighted by molar-refractivity contribution is 5.56. The number of nitrogens with zero attached hydrogens (tertiary/aromatic N) is 1. The summed E-state index contributed by atoms with van der Waals surface area (Å²) in [6, 6.07) is 3.36. The van der Waals surface area contributed by atoms with Gasteiger partial charge in [-0.2, -0.15) is 0 Å². The summed E-state index contributed by atoms with van der Waals surface area (Å²) in [5.74, 6) is -0.232. The Morgan fingerprint density at radius 1 is 1.17 bits per heavy atom. The summed E-state index contributed by atoms with van der Waals surface area (Å²) < 4.78 is 13.6. The summed E-state index contributed by atoms with van der Waals surface area (Å²) in [7, 11) is 0. The first-order valence-corrected chi connectivity index (χ1v) is 6.82. The number of aliphatic hydroxyl groups is 1. The van der Waals surface area contributed by atoms with Gasteiger partial charge in [0, 0.05) is 24.3 Å². The first kappa shape index (κ1) is 13.3. The molecule has 100 valence electrons. The van der Waals surface area contributed by atoms with Crippen molar-refractivity contribution in [3.63, 3.8) is 0 Å². The summed E-state index contributed by atoms with van der Waals surface area (Å²) in [5, 5.41) is 9.83. The van der Waals surface area contributed by atoms with Crippen molar-refractivity contribution in [2.45, 2.75) is 45.6 Å². The van der Waals surface area contributed by atoms with E-state index in [1.165, 1.54) is 31.7 Å². The zero-order valence-corrected chi connectivity index (χ0v) is 11.2. The fourth-order valence-corrected chi connectivity index (χ4v) is 2.60. The fraction of sp³-hybridized carbons (Fsp3) is 0.600. The van der Waals surface area contributed by atoms with E-state index in [1.807, 2.05) is 6.07 Å². The second-order valence-corrected chi connectivity index (χ2v) is 5.24. The van der Waals surface area contributed by atoms with Crippen LogP contribution in [0.2, 0.25) is 0 Å². The van der Waals surface area contributed by atoms with E-state index in [2.05, 4.69) is 4.90 Å². The maximum Gasteiger partial charge on any atom is 0.126 e. The van der Waals surface area contributed by atoms with Gasteiger partial charge in [0.1, 0.15) is 5.82 Å². The molecule has 1 aromatic carbocycles. The van der Waals surface area contributed by atoms with Crippen LogP contribution < -0.4 is 4.90 Å². The molecule has 1 N–H and O–H groups in total. The molecule has 1 heterocycles. The van der Waals surface area contributed by atoms with E-state index in [4.69, 9.17) is 0 Å². The third-order valence-corrected chi connectivity index (χ3v) is 3.70. The summed E-state index contributed by atoms with van der Waals surface area (Å²) in [5.41, 5.74) is 2.37. The van der Waals surface area contributed by atoms with Crippen molar-refractivity contribution >= 4 is 5.69 Å². The molecule has 1 aliphatic rings. The second-order valence-electron chi connectivity index (χ2n) is 5.24. The first-order valence-electron chi connectivity index (χ1n) is 6.82. The lowest BCUT2D eigenvalue weighted by atomic mass is 10.0. The van der Waals surface area contributed by atoms with Crippen molar-refractivity contribution in [3.05, 3.63) is 29.1 Å². The molecular formula is C15H22FNO. The van der Waals surface area contributed by atoms with Crippen molar-refractivity contribution in [1.29, 1.82) is 0 Å². The Labute approximate surface area is 108 Å². The number of benzene rings is 1. The predicted molar refractivity (Wildman–Crippen MR) is 72.5 cm³/mol. The molecule has 1 unspecified atom stereocenters. The molecule has 0 bridgehead atoms. The topological polar surface area (TPSA) is 23.5 Å². The van der Waals surface area contributed by atoms with Gasteiger partial charge >= 0.3 is 0 Å². The molecule has 0 amide bonds. The molecule has 1 aromatic rings. The zero-order valence-electron chi connectivity index (χ0n) is 11.2. The Balaban J connectivity index is 2.37. The van der Waals surface area contributed by atoms with Gasteiger partial charge in [0.25, 0.3) is 0 Å². The van der Waals surface area contributed by atoms with Gasteiger partial charge in [0.05, 0.1) is 6.10 Å². The monoisotopic (exact) mass is 251 g/mol. The standard InChI is InChI=1S/C15H22FNO/c1-11-9-15(13(12(2)18)10-14(11)16)17-7-5-3-4-6-8-17/h9-10,12,18H,3-8H2,1-2H3. The Bertz CT molecular complexity index is 409. The Kier molecular flexibility index (Phi) is 4.23. The molecule has 0 saturated carbocycles. The molecule has 2 rings (SSSR count). The van der Waals surface area contributed by atoms with Gasteiger partial charge in [-0.1, -0.05) is 12.8 Å². The third-order valence-electron chi connectivity index (χ3n) is 3.70. The van der Waals surface area contributed by atoms with E-state index in [9.17, 15) is 9.50 Å². The first-order chi connectivity index (χ1) is 8.59. The van der Waals surface area contributed by atoms with Crippen LogP contribution in [0.1, 0.15) is 49.8 Å². The minimum Gasteiger partial charge on any atom is -0.389 e. The summed E-state index contributed by atoms with van der Waals surface area (Å²) in [4.78, 5) is 2.29. The molecular weight excluding hydrogens is 229 g/mol. The van der Waals surface area contributed by atoms with Crippen molar-refractivity contribution in [1.82, 2.24) is 0 Å².